The second kappa shape index (κ2) is 13.9. The van der Waals surface area contributed by atoms with Crippen molar-refractivity contribution in [1.29, 1.82) is 0 Å². The predicted octanol–water partition coefficient (Wildman–Crippen LogP) is 5.51. The molecular formula is C29H34ClN3O4S2. The molecule has 1 N–H and O–H groups in total. The van der Waals surface area contributed by atoms with Crippen molar-refractivity contribution in [3.63, 3.8) is 0 Å². The van der Waals surface area contributed by atoms with Crippen molar-refractivity contribution in [1.82, 2.24) is 10.2 Å². The van der Waals surface area contributed by atoms with Gasteiger partial charge in [0.2, 0.25) is 11.8 Å². The second-order valence-electron chi connectivity index (χ2n) is 9.14. The number of hydrogen-bond donors (Lipinski definition) is 1. The fourth-order valence-electron chi connectivity index (χ4n) is 3.93. The first-order chi connectivity index (χ1) is 18.6. The SMILES string of the molecule is CCCNC(=O)C(C)N(Cc1cccc(Cl)c1)C(=O)CN(c1ccc(C)cc1)S(=O)(=O)c1ccc(SC)cc1. The Kier molecular flexibility index (Phi) is 10.9. The van der Waals surface area contributed by atoms with Crippen molar-refractivity contribution in [2.75, 3.05) is 23.7 Å². The highest BCUT2D eigenvalue weighted by atomic mass is 35.5. The zero-order valence-corrected chi connectivity index (χ0v) is 24.9. The van der Waals surface area contributed by atoms with Crippen molar-refractivity contribution in [3.8, 4) is 0 Å². The van der Waals surface area contributed by atoms with E-state index < -0.39 is 28.5 Å². The number of sulfonamides is 1. The minimum Gasteiger partial charge on any atom is -0.354 e. The van der Waals surface area contributed by atoms with Crippen molar-refractivity contribution in [2.24, 2.45) is 0 Å². The van der Waals surface area contributed by atoms with Gasteiger partial charge in [0.05, 0.1) is 10.6 Å². The number of nitrogens with zero attached hydrogens (tertiary/aromatic N) is 2. The van der Waals surface area contributed by atoms with Crippen molar-refractivity contribution >= 4 is 50.9 Å². The number of halogens is 1. The molecule has 0 aliphatic rings. The van der Waals surface area contributed by atoms with Crippen molar-refractivity contribution < 1.29 is 18.0 Å². The maximum atomic E-state index is 13.9. The van der Waals surface area contributed by atoms with Gasteiger partial charge in [-0.3, -0.25) is 13.9 Å². The van der Waals surface area contributed by atoms with E-state index >= 15 is 0 Å². The van der Waals surface area contributed by atoms with Crippen LogP contribution < -0.4 is 9.62 Å². The highest BCUT2D eigenvalue weighted by Gasteiger charge is 2.32. The molecule has 0 aliphatic carbocycles. The number of hydrogen-bond acceptors (Lipinski definition) is 5. The van der Waals surface area contributed by atoms with E-state index in [-0.39, 0.29) is 17.3 Å². The summed E-state index contributed by atoms with van der Waals surface area (Å²) in [6.45, 7) is 5.55. The molecule has 39 heavy (non-hydrogen) atoms. The Morgan fingerprint density at radius 2 is 1.69 bits per heavy atom. The summed E-state index contributed by atoms with van der Waals surface area (Å²) in [6, 6.07) is 19.7. The Morgan fingerprint density at radius 1 is 1.03 bits per heavy atom. The van der Waals surface area contributed by atoms with E-state index in [9.17, 15) is 18.0 Å². The Hall–Kier alpha value is -3.01. The predicted molar refractivity (Wildman–Crippen MR) is 159 cm³/mol. The summed E-state index contributed by atoms with van der Waals surface area (Å²) in [4.78, 5) is 29.2. The maximum Gasteiger partial charge on any atom is 0.264 e. The van der Waals surface area contributed by atoms with Gasteiger partial charge >= 0.3 is 0 Å². The third-order valence-corrected chi connectivity index (χ3v) is 8.97. The first kappa shape index (κ1) is 30.5. The molecule has 3 rings (SSSR count). The van der Waals surface area contributed by atoms with Gasteiger partial charge < -0.3 is 10.2 Å². The number of rotatable bonds is 12. The molecule has 7 nitrogen and oxygen atoms in total. The standard InChI is InChI=1S/C29H34ClN3O4S2/c1-5-17-31-29(35)22(3)32(19-23-7-6-8-24(30)18-23)28(34)20-33(25-11-9-21(2)10-12-25)39(36,37)27-15-13-26(38-4)14-16-27/h6-16,18,22H,5,17,19-20H2,1-4H3,(H,31,35). The van der Waals surface area contributed by atoms with Crippen LogP contribution in [0.3, 0.4) is 0 Å². The lowest BCUT2D eigenvalue weighted by Gasteiger charge is -2.32. The number of nitrogens with one attached hydrogen (secondary N) is 1. The lowest BCUT2D eigenvalue weighted by molar-refractivity contribution is -0.139. The van der Waals surface area contributed by atoms with E-state index in [2.05, 4.69) is 5.32 Å². The highest BCUT2D eigenvalue weighted by molar-refractivity contribution is 7.98. The van der Waals surface area contributed by atoms with Crippen LogP contribution in [-0.4, -0.2) is 50.5 Å². The molecule has 0 saturated carbocycles. The van der Waals surface area contributed by atoms with Gasteiger partial charge in [-0.2, -0.15) is 0 Å². The van der Waals surface area contributed by atoms with Gasteiger partial charge in [0.25, 0.3) is 10.0 Å². The molecule has 1 unspecified atom stereocenters. The Bertz CT molecular complexity index is 1380. The van der Waals surface area contributed by atoms with E-state index in [4.69, 9.17) is 11.6 Å². The zero-order valence-electron chi connectivity index (χ0n) is 22.6. The van der Waals surface area contributed by atoms with Gasteiger partial charge in [-0.15, -0.1) is 11.8 Å². The summed E-state index contributed by atoms with van der Waals surface area (Å²) in [5, 5.41) is 3.33. The van der Waals surface area contributed by atoms with Crippen LogP contribution >= 0.6 is 23.4 Å². The van der Waals surface area contributed by atoms with Crippen LogP contribution in [0, 0.1) is 6.92 Å². The molecular weight excluding hydrogens is 554 g/mol. The average molecular weight is 588 g/mol. The number of aryl methyl sites for hydroxylation is 1. The molecule has 1 atom stereocenters. The highest BCUT2D eigenvalue weighted by Crippen LogP contribution is 2.26. The normalized spacial score (nSPS) is 12.0. The maximum absolute atomic E-state index is 13.9. The van der Waals surface area contributed by atoms with Gasteiger partial charge in [-0.1, -0.05) is 48.4 Å². The average Bonchev–Trinajstić information content (AvgIpc) is 2.93. The van der Waals surface area contributed by atoms with E-state index in [1.807, 2.05) is 26.2 Å². The summed E-state index contributed by atoms with van der Waals surface area (Å²) >= 11 is 7.68. The topological polar surface area (TPSA) is 86.8 Å². The minimum absolute atomic E-state index is 0.0730. The fourth-order valence-corrected chi connectivity index (χ4v) is 5.96. The summed E-state index contributed by atoms with van der Waals surface area (Å²) < 4.78 is 28.9. The molecule has 0 saturated heterocycles. The van der Waals surface area contributed by atoms with Gasteiger partial charge in [0, 0.05) is 23.0 Å². The fraction of sp³-hybridized carbons (Fsp3) is 0.310. The second-order valence-corrected chi connectivity index (χ2v) is 12.3. The molecule has 0 radical (unpaired) electrons. The first-order valence-corrected chi connectivity index (χ1v) is 15.7. The van der Waals surface area contributed by atoms with E-state index in [0.717, 1.165) is 26.7 Å². The number of thioether (sulfide) groups is 1. The molecule has 0 heterocycles. The molecule has 10 heteroatoms. The van der Waals surface area contributed by atoms with Crippen LogP contribution in [0.4, 0.5) is 5.69 Å². The summed E-state index contributed by atoms with van der Waals surface area (Å²) in [7, 11) is -4.11. The third kappa shape index (κ3) is 8.00. The minimum atomic E-state index is -4.11. The molecule has 0 aromatic heterocycles. The lowest BCUT2D eigenvalue weighted by Crippen LogP contribution is -2.51. The largest absolute Gasteiger partial charge is 0.354 e. The number of benzene rings is 3. The van der Waals surface area contributed by atoms with Crippen LogP contribution in [0.2, 0.25) is 5.02 Å². The molecule has 0 spiro atoms. The van der Waals surface area contributed by atoms with Gasteiger partial charge in [-0.25, -0.2) is 8.42 Å². The molecule has 0 fully saturated rings. The molecule has 208 valence electrons. The van der Waals surface area contributed by atoms with Crippen LogP contribution in [0.25, 0.3) is 0 Å². The number of anilines is 1. The third-order valence-electron chi connectivity index (χ3n) is 6.21. The van der Waals surface area contributed by atoms with Crippen LogP contribution in [0.1, 0.15) is 31.4 Å². The first-order valence-electron chi connectivity index (χ1n) is 12.6. The monoisotopic (exact) mass is 587 g/mol. The number of carbonyl (C=O) groups is 2. The summed E-state index contributed by atoms with van der Waals surface area (Å²) in [5.41, 5.74) is 2.03. The van der Waals surface area contributed by atoms with E-state index in [1.54, 1.807) is 61.5 Å². The molecule has 0 aliphatic heterocycles. The Morgan fingerprint density at radius 3 is 2.28 bits per heavy atom. The van der Waals surface area contributed by atoms with Crippen LogP contribution in [0.15, 0.2) is 82.6 Å². The molecule has 3 aromatic rings. The van der Waals surface area contributed by atoms with Crippen LogP contribution in [0.5, 0.6) is 0 Å². The zero-order chi connectivity index (χ0) is 28.6. The van der Waals surface area contributed by atoms with Crippen molar-refractivity contribution in [3.05, 3.63) is 88.9 Å². The van der Waals surface area contributed by atoms with Gasteiger partial charge in [0.15, 0.2) is 0 Å². The number of amides is 2. The van der Waals surface area contributed by atoms with Gasteiger partial charge in [0.1, 0.15) is 12.6 Å². The smallest absolute Gasteiger partial charge is 0.264 e. The van der Waals surface area contributed by atoms with E-state index in [1.165, 1.54) is 28.8 Å². The molecule has 3 aromatic carbocycles. The summed E-state index contributed by atoms with van der Waals surface area (Å²) in [6.07, 6.45) is 2.66. The summed E-state index contributed by atoms with van der Waals surface area (Å²) in [5.74, 6) is -0.830. The van der Waals surface area contributed by atoms with Crippen LogP contribution in [-0.2, 0) is 26.2 Å². The Labute approximate surface area is 240 Å². The van der Waals surface area contributed by atoms with E-state index in [0.29, 0.717) is 17.3 Å². The Balaban J connectivity index is 2.01. The quantitative estimate of drug-likeness (QED) is 0.282. The molecule has 2 amide bonds. The van der Waals surface area contributed by atoms with Gasteiger partial charge in [-0.05, 0) is 80.6 Å². The lowest BCUT2D eigenvalue weighted by atomic mass is 10.1. The number of carbonyl (C=O) groups excluding carboxylic acids is 2. The molecule has 0 bridgehead atoms. The van der Waals surface area contributed by atoms with Crippen molar-refractivity contribution in [2.45, 2.75) is 49.6 Å².